The first kappa shape index (κ1) is 18.9. The number of fused-ring (bicyclic) bond motifs is 1. The largest absolute Gasteiger partial charge is 0.465 e. The quantitative estimate of drug-likeness (QED) is 0.355. The van der Waals surface area contributed by atoms with Crippen LogP contribution in [-0.4, -0.2) is 47.5 Å². The molecule has 7 nitrogen and oxygen atoms in total. The summed E-state index contributed by atoms with van der Waals surface area (Å²) in [6.07, 6.45) is 0.282. The van der Waals surface area contributed by atoms with Crippen LogP contribution < -0.4 is 4.90 Å². The van der Waals surface area contributed by atoms with Crippen molar-refractivity contribution in [1.82, 2.24) is 5.06 Å². The van der Waals surface area contributed by atoms with Gasteiger partial charge in [0.1, 0.15) is 5.25 Å². The maximum atomic E-state index is 12.9. The molecule has 2 aromatic carbocycles. The van der Waals surface area contributed by atoms with Gasteiger partial charge in [-0.05, 0) is 29.8 Å². The number of rotatable bonds is 6. The van der Waals surface area contributed by atoms with E-state index in [1.54, 1.807) is 29.2 Å². The molecule has 0 aliphatic carbocycles. The predicted octanol–water partition coefficient (Wildman–Crippen LogP) is 2.33. The molecular formula is C19H18N2O5S. The predicted molar refractivity (Wildman–Crippen MR) is 99.6 cm³/mol. The van der Waals surface area contributed by atoms with E-state index in [1.807, 2.05) is 24.3 Å². The topological polar surface area (TPSA) is 87.2 Å². The number of carbonyl (C=O) groups excluding carboxylic acids is 3. The molecule has 3 rings (SSSR count). The van der Waals surface area contributed by atoms with E-state index in [2.05, 4.69) is 4.74 Å². The molecule has 8 heteroatoms. The lowest BCUT2D eigenvalue weighted by Gasteiger charge is -2.34. The van der Waals surface area contributed by atoms with E-state index in [0.717, 1.165) is 16.1 Å². The second-order valence-electron chi connectivity index (χ2n) is 5.91. The van der Waals surface area contributed by atoms with Crippen molar-refractivity contribution in [2.45, 2.75) is 16.7 Å². The lowest BCUT2D eigenvalue weighted by atomic mass is 10.1. The summed E-state index contributed by atoms with van der Waals surface area (Å²) in [5.74, 6) is -0.619. The highest BCUT2D eigenvalue weighted by Crippen LogP contribution is 2.39. The third kappa shape index (κ3) is 4.12. The number of para-hydroxylation sites is 1. The molecule has 27 heavy (non-hydrogen) atoms. The van der Waals surface area contributed by atoms with E-state index in [9.17, 15) is 19.6 Å². The average Bonchev–Trinajstić information content (AvgIpc) is 2.70. The molecule has 1 N–H and O–H groups in total. The summed E-state index contributed by atoms with van der Waals surface area (Å²) in [5, 5.41) is 9.37. The van der Waals surface area contributed by atoms with Gasteiger partial charge in [-0.25, -0.2) is 9.86 Å². The number of thioether (sulfide) groups is 1. The first-order valence-corrected chi connectivity index (χ1v) is 9.06. The Kier molecular flexibility index (Phi) is 5.78. The van der Waals surface area contributed by atoms with E-state index in [-0.39, 0.29) is 18.9 Å². The molecule has 0 fully saturated rings. The Labute approximate surface area is 160 Å². The van der Waals surface area contributed by atoms with Crippen molar-refractivity contribution in [3.63, 3.8) is 0 Å². The van der Waals surface area contributed by atoms with Crippen molar-refractivity contribution in [3.05, 3.63) is 59.7 Å². The molecule has 1 aliphatic heterocycles. The minimum atomic E-state index is -0.607. The zero-order chi connectivity index (χ0) is 19.4. The highest BCUT2D eigenvalue weighted by Gasteiger charge is 2.34. The molecule has 1 atom stereocenters. The van der Waals surface area contributed by atoms with Gasteiger partial charge in [0.05, 0.1) is 31.5 Å². The summed E-state index contributed by atoms with van der Waals surface area (Å²) in [7, 11) is 1.32. The summed E-state index contributed by atoms with van der Waals surface area (Å²) in [5.41, 5.74) is 2.05. The van der Waals surface area contributed by atoms with Gasteiger partial charge in [0.25, 0.3) is 0 Å². The van der Waals surface area contributed by atoms with Crippen molar-refractivity contribution in [2.24, 2.45) is 0 Å². The first-order chi connectivity index (χ1) is 13.0. The van der Waals surface area contributed by atoms with Crippen LogP contribution in [0.4, 0.5) is 5.69 Å². The van der Waals surface area contributed by atoms with Crippen molar-refractivity contribution in [1.29, 1.82) is 0 Å². The van der Waals surface area contributed by atoms with Gasteiger partial charge < -0.3 is 9.64 Å². The lowest BCUT2D eigenvalue weighted by Crippen LogP contribution is -2.45. The number of methoxy groups -OCH3 is 1. The highest BCUT2D eigenvalue weighted by molar-refractivity contribution is 8.01. The average molecular weight is 386 g/mol. The molecule has 0 saturated heterocycles. The first-order valence-electron chi connectivity index (χ1n) is 8.18. The Balaban J connectivity index is 1.86. The minimum absolute atomic E-state index is 0.0981. The number of benzene rings is 2. The number of hydroxylamine groups is 2. The Hall–Kier alpha value is -2.84. The molecule has 0 radical (unpaired) electrons. The standard InChI is InChI=1S/C19H18N2O5S/c1-26-19(24)14-8-6-13(7-9-14)10-21-15-4-2-3-5-16(15)27-17(18(21)23)11-20(25)12-22/h2-9,12,17,25H,10-11H2,1H3. The van der Waals surface area contributed by atoms with Gasteiger partial charge in [-0.3, -0.25) is 14.8 Å². The number of amides is 2. The van der Waals surface area contributed by atoms with Gasteiger partial charge in [-0.15, -0.1) is 11.8 Å². The van der Waals surface area contributed by atoms with E-state index < -0.39 is 11.2 Å². The van der Waals surface area contributed by atoms with Gasteiger partial charge in [-0.1, -0.05) is 24.3 Å². The highest BCUT2D eigenvalue weighted by atomic mass is 32.2. The maximum Gasteiger partial charge on any atom is 0.337 e. The summed E-state index contributed by atoms with van der Waals surface area (Å²) in [4.78, 5) is 37.7. The third-order valence-electron chi connectivity index (χ3n) is 4.16. The van der Waals surface area contributed by atoms with Gasteiger partial charge in [0, 0.05) is 4.90 Å². The third-order valence-corrected chi connectivity index (χ3v) is 5.39. The fraction of sp³-hybridized carbons (Fsp3) is 0.211. The molecule has 1 unspecified atom stereocenters. The molecule has 2 amide bonds. The number of nitrogens with zero attached hydrogens (tertiary/aromatic N) is 2. The van der Waals surface area contributed by atoms with Crippen molar-refractivity contribution in [2.75, 3.05) is 18.6 Å². The van der Waals surface area contributed by atoms with E-state index in [0.29, 0.717) is 17.2 Å². The fourth-order valence-electron chi connectivity index (χ4n) is 2.81. The molecule has 0 bridgehead atoms. The number of carbonyl (C=O) groups is 3. The Bertz CT molecular complexity index is 855. The smallest absolute Gasteiger partial charge is 0.337 e. The van der Waals surface area contributed by atoms with E-state index in [1.165, 1.54) is 18.9 Å². The SMILES string of the molecule is COC(=O)c1ccc(CN2C(=O)C(CN(O)C=O)Sc3ccccc32)cc1. The Morgan fingerprint density at radius 2 is 1.96 bits per heavy atom. The van der Waals surface area contributed by atoms with Gasteiger partial charge >= 0.3 is 5.97 Å². The zero-order valence-corrected chi connectivity index (χ0v) is 15.4. The number of hydrogen-bond acceptors (Lipinski definition) is 6. The lowest BCUT2D eigenvalue weighted by molar-refractivity contribution is -0.150. The second-order valence-corrected chi connectivity index (χ2v) is 7.16. The summed E-state index contributed by atoms with van der Waals surface area (Å²) in [6.45, 7) is 0.208. The van der Waals surface area contributed by atoms with Crippen LogP contribution in [0.3, 0.4) is 0 Å². The van der Waals surface area contributed by atoms with Crippen LogP contribution in [0, 0.1) is 0 Å². The Morgan fingerprint density at radius 3 is 2.63 bits per heavy atom. The summed E-state index contributed by atoms with van der Waals surface area (Å²) in [6, 6.07) is 14.3. The van der Waals surface area contributed by atoms with Crippen LogP contribution >= 0.6 is 11.8 Å². The molecule has 0 aromatic heterocycles. The fourth-order valence-corrected chi connectivity index (χ4v) is 4.03. The number of hydrogen-bond donors (Lipinski definition) is 1. The molecule has 1 heterocycles. The molecule has 1 aliphatic rings. The van der Waals surface area contributed by atoms with Gasteiger partial charge in [0.15, 0.2) is 0 Å². The second kappa shape index (κ2) is 8.24. The number of anilines is 1. The van der Waals surface area contributed by atoms with Gasteiger partial charge in [0.2, 0.25) is 12.3 Å². The maximum absolute atomic E-state index is 12.9. The van der Waals surface area contributed by atoms with E-state index >= 15 is 0 Å². The number of ether oxygens (including phenoxy) is 1. The summed E-state index contributed by atoms with van der Waals surface area (Å²) >= 11 is 1.32. The van der Waals surface area contributed by atoms with Gasteiger partial charge in [-0.2, -0.15) is 0 Å². The van der Waals surface area contributed by atoms with Crippen LogP contribution in [0.5, 0.6) is 0 Å². The van der Waals surface area contributed by atoms with Crippen molar-refractivity contribution < 1.29 is 24.3 Å². The van der Waals surface area contributed by atoms with Crippen molar-refractivity contribution in [3.8, 4) is 0 Å². The van der Waals surface area contributed by atoms with Crippen LogP contribution in [0.25, 0.3) is 0 Å². The molecule has 140 valence electrons. The van der Waals surface area contributed by atoms with Crippen LogP contribution in [-0.2, 0) is 20.9 Å². The monoisotopic (exact) mass is 386 g/mol. The molecule has 0 saturated carbocycles. The normalized spacial score (nSPS) is 15.9. The van der Waals surface area contributed by atoms with Crippen LogP contribution in [0.2, 0.25) is 0 Å². The molecule has 2 aromatic rings. The van der Waals surface area contributed by atoms with Crippen LogP contribution in [0.1, 0.15) is 15.9 Å². The minimum Gasteiger partial charge on any atom is -0.465 e. The summed E-state index contributed by atoms with van der Waals surface area (Å²) < 4.78 is 4.69. The van der Waals surface area contributed by atoms with Crippen LogP contribution in [0.15, 0.2) is 53.4 Å². The van der Waals surface area contributed by atoms with Crippen molar-refractivity contribution >= 4 is 35.7 Å². The molecule has 0 spiro atoms. The van der Waals surface area contributed by atoms with E-state index in [4.69, 9.17) is 0 Å². The molecular weight excluding hydrogens is 368 g/mol. The Morgan fingerprint density at radius 1 is 1.26 bits per heavy atom. The number of esters is 1. The zero-order valence-electron chi connectivity index (χ0n) is 14.6.